The van der Waals surface area contributed by atoms with Crippen LogP contribution in [0.3, 0.4) is 0 Å². The number of isocyanates is 1. The van der Waals surface area contributed by atoms with Gasteiger partial charge >= 0.3 is 0 Å². The normalized spacial score (nSPS) is 8.91. The maximum atomic E-state index is 12.4. The molecule has 0 saturated carbocycles. The summed E-state index contributed by atoms with van der Waals surface area (Å²) in [5.41, 5.74) is 0.376. The number of nitrogens with zero attached hydrogens (tertiary/aromatic N) is 1. The molecule has 11 heavy (non-hydrogen) atoms. The van der Waals surface area contributed by atoms with Crippen molar-refractivity contribution >= 4 is 27.7 Å². The van der Waals surface area contributed by atoms with E-state index in [1.807, 2.05) is 0 Å². The predicted molar refractivity (Wildman–Crippen MR) is 41.9 cm³/mol. The second-order valence-electron chi connectivity index (χ2n) is 1.80. The molecule has 0 aliphatic rings. The molecule has 0 amide bonds. The maximum Gasteiger partial charge on any atom is 0.240 e. The van der Waals surface area contributed by atoms with Crippen LogP contribution >= 0.6 is 15.9 Å². The highest BCUT2D eigenvalue weighted by Gasteiger charge is 1.98. The summed E-state index contributed by atoms with van der Waals surface area (Å²) in [5.74, 6) is -0.373. The lowest BCUT2D eigenvalue weighted by atomic mass is 10.3. The van der Waals surface area contributed by atoms with Gasteiger partial charge in [-0.3, -0.25) is 0 Å². The molecule has 4 heteroatoms. The van der Waals surface area contributed by atoms with Gasteiger partial charge in [-0.25, -0.2) is 9.18 Å². The lowest BCUT2D eigenvalue weighted by molar-refractivity contribution is 0.565. The zero-order valence-corrected chi connectivity index (χ0v) is 6.93. The summed E-state index contributed by atoms with van der Waals surface area (Å²) in [5, 5.41) is 0. The monoisotopic (exact) mass is 215 g/mol. The largest absolute Gasteiger partial charge is 0.240 e. The van der Waals surface area contributed by atoms with Crippen molar-refractivity contribution in [3.05, 3.63) is 28.5 Å². The van der Waals surface area contributed by atoms with Crippen molar-refractivity contribution in [1.29, 1.82) is 0 Å². The lowest BCUT2D eigenvalue weighted by Crippen LogP contribution is -1.73. The second kappa shape index (κ2) is 3.42. The number of hydrogen-bond acceptors (Lipinski definition) is 2. The van der Waals surface area contributed by atoms with Gasteiger partial charge in [-0.15, -0.1) is 0 Å². The summed E-state index contributed by atoms with van der Waals surface area (Å²) in [4.78, 5) is 13.1. The minimum absolute atomic E-state index is 0.373. The van der Waals surface area contributed by atoms with E-state index in [-0.39, 0.29) is 5.82 Å². The quantitative estimate of drug-likeness (QED) is 0.523. The Balaban J connectivity index is 3.19. The van der Waals surface area contributed by atoms with Crippen molar-refractivity contribution in [2.45, 2.75) is 0 Å². The van der Waals surface area contributed by atoms with E-state index in [0.29, 0.717) is 10.2 Å². The van der Waals surface area contributed by atoms with E-state index in [1.165, 1.54) is 24.3 Å². The van der Waals surface area contributed by atoms with E-state index in [4.69, 9.17) is 0 Å². The molecule has 1 aromatic carbocycles. The molecule has 0 aliphatic carbocycles. The fourth-order valence-corrected chi connectivity index (χ4v) is 1.06. The lowest BCUT2D eigenvalue weighted by Gasteiger charge is -1.93. The summed E-state index contributed by atoms with van der Waals surface area (Å²) >= 11 is 3.04. The Morgan fingerprint density at radius 2 is 2.27 bits per heavy atom. The van der Waals surface area contributed by atoms with Gasteiger partial charge in [0.1, 0.15) is 5.82 Å². The minimum atomic E-state index is -0.373. The molecule has 0 aromatic heterocycles. The maximum absolute atomic E-state index is 12.4. The molecule has 0 radical (unpaired) electrons. The number of aliphatic imine (C=N–C) groups is 1. The van der Waals surface area contributed by atoms with Crippen molar-refractivity contribution in [2.24, 2.45) is 4.99 Å². The zero-order valence-electron chi connectivity index (χ0n) is 5.34. The van der Waals surface area contributed by atoms with Crippen LogP contribution in [0.1, 0.15) is 0 Å². The van der Waals surface area contributed by atoms with Crippen molar-refractivity contribution in [3.63, 3.8) is 0 Å². The Morgan fingerprint density at radius 3 is 2.82 bits per heavy atom. The van der Waals surface area contributed by atoms with Gasteiger partial charge in [-0.2, -0.15) is 4.99 Å². The fraction of sp³-hybridized carbons (Fsp3) is 0. The molecule has 0 atom stereocenters. The SMILES string of the molecule is O=C=Nc1ccc(F)cc1Br. The average Bonchev–Trinajstić information content (AvgIpc) is 1.95. The molecule has 0 bridgehead atoms. The number of halogens is 2. The van der Waals surface area contributed by atoms with Gasteiger partial charge in [-0.05, 0) is 34.1 Å². The average molecular weight is 216 g/mol. The van der Waals surface area contributed by atoms with Gasteiger partial charge in [0, 0.05) is 4.47 Å². The molecular weight excluding hydrogens is 213 g/mol. The first-order valence-corrected chi connectivity index (χ1v) is 3.56. The molecule has 0 aliphatic heterocycles. The van der Waals surface area contributed by atoms with Crippen molar-refractivity contribution < 1.29 is 9.18 Å². The topological polar surface area (TPSA) is 29.4 Å². The number of rotatable bonds is 1. The first-order chi connectivity index (χ1) is 5.24. The van der Waals surface area contributed by atoms with E-state index in [1.54, 1.807) is 0 Å². The highest BCUT2D eigenvalue weighted by molar-refractivity contribution is 9.10. The van der Waals surface area contributed by atoms with Crippen LogP contribution in [-0.2, 0) is 4.79 Å². The molecule has 1 aromatic rings. The third-order valence-electron chi connectivity index (χ3n) is 1.08. The fourth-order valence-electron chi connectivity index (χ4n) is 0.621. The Morgan fingerprint density at radius 1 is 1.55 bits per heavy atom. The van der Waals surface area contributed by atoms with Crippen LogP contribution in [0.4, 0.5) is 10.1 Å². The Hall–Kier alpha value is -0.990. The molecule has 2 nitrogen and oxygen atoms in total. The molecule has 1 rings (SSSR count). The van der Waals surface area contributed by atoms with Crippen LogP contribution in [0.5, 0.6) is 0 Å². The van der Waals surface area contributed by atoms with Crippen LogP contribution in [0.25, 0.3) is 0 Å². The number of benzene rings is 1. The Bertz CT molecular complexity index is 320. The highest BCUT2D eigenvalue weighted by atomic mass is 79.9. The molecule has 0 heterocycles. The summed E-state index contributed by atoms with van der Waals surface area (Å²) in [6.45, 7) is 0. The summed E-state index contributed by atoms with van der Waals surface area (Å²) < 4.78 is 12.9. The van der Waals surface area contributed by atoms with Gasteiger partial charge in [0.2, 0.25) is 6.08 Å². The minimum Gasteiger partial charge on any atom is -0.211 e. The molecule has 0 N–H and O–H groups in total. The highest BCUT2D eigenvalue weighted by Crippen LogP contribution is 2.24. The smallest absolute Gasteiger partial charge is 0.211 e. The second-order valence-corrected chi connectivity index (χ2v) is 2.65. The number of hydrogen-bond donors (Lipinski definition) is 0. The van der Waals surface area contributed by atoms with Gasteiger partial charge in [0.25, 0.3) is 0 Å². The van der Waals surface area contributed by atoms with Crippen LogP contribution in [0.15, 0.2) is 27.7 Å². The summed E-state index contributed by atoms with van der Waals surface area (Å²) in [6, 6.07) is 3.85. The Kier molecular flexibility index (Phi) is 2.52. The molecule has 56 valence electrons. The van der Waals surface area contributed by atoms with Crippen molar-refractivity contribution in [2.75, 3.05) is 0 Å². The van der Waals surface area contributed by atoms with E-state index in [9.17, 15) is 9.18 Å². The van der Waals surface area contributed by atoms with Crippen LogP contribution < -0.4 is 0 Å². The van der Waals surface area contributed by atoms with E-state index < -0.39 is 0 Å². The molecular formula is C7H3BrFNO. The molecule has 0 fully saturated rings. The third-order valence-corrected chi connectivity index (χ3v) is 1.71. The Labute approximate surface area is 70.9 Å². The van der Waals surface area contributed by atoms with Crippen LogP contribution in [-0.4, -0.2) is 6.08 Å². The van der Waals surface area contributed by atoms with Gasteiger partial charge < -0.3 is 0 Å². The van der Waals surface area contributed by atoms with Crippen LogP contribution in [0, 0.1) is 5.82 Å². The van der Waals surface area contributed by atoms with Gasteiger partial charge in [-0.1, -0.05) is 0 Å². The standard InChI is InChI=1S/C7H3BrFNO/c8-6-3-5(9)1-2-7(6)10-4-11/h1-3H. The van der Waals surface area contributed by atoms with Gasteiger partial charge in [0.15, 0.2) is 0 Å². The summed E-state index contributed by atoms with van der Waals surface area (Å²) in [7, 11) is 0. The van der Waals surface area contributed by atoms with Crippen LogP contribution in [0.2, 0.25) is 0 Å². The molecule has 0 unspecified atom stereocenters. The predicted octanol–water partition coefficient (Wildman–Crippen LogP) is 2.56. The molecule has 0 saturated heterocycles. The zero-order chi connectivity index (χ0) is 8.27. The third kappa shape index (κ3) is 1.97. The van der Waals surface area contributed by atoms with Crippen molar-refractivity contribution in [1.82, 2.24) is 0 Å². The first-order valence-electron chi connectivity index (χ1n) is 2.77. The van der Waals surface area contributed by atoms with E-state index in [0.717, 1.165) is 0 Å². The van der Waals surface area contributed by atoms with Gasteiger partial charge in [0.05, 0.1) is 5.69 Å². The number of carbonyl (C=O) groups excluding carboxylic acids is 1. The summed E-state index contributed by atoms with van der Waals surface area (Å²) in [6.07, 6.45) is 1.37. The van der Waals surface area contributed by atoms with E-state index >= 15 is 0 Å². The van der Waals surface area contributed by atoms with E-state index in [2.05, 4.69) is 20.9 Å². The molecule has 0 spiro atoms. The van der Waals surface area contributed by atoms with Crippen molar-refractivity contribution in [3.8, 4) is 0 Å². The first kappa shape index (κ1) is 8.11.